The summed E-state index contributed by atoms with van der Waals surface area (Å²) in [7, 11) is 0. The second-order valence-corrected chi connectivity index (χ2v) is 2.31. The van der Waals surface area contributed by atoms with E-state index < -0.39 is 37.6 Å². The highest BCUT2D eigenvalue weighted by atomic mass is 19.3. The second-order valence-electron chi connectivity index (χ2n) is 2.31. The van der Waals surface area contributed by atoms with E-state index in [0.29, 0.717) is 0 Å². The smallest absolute Gasteiger partial charge is 0.307 e. The highest BCUT2D eigenvalue weighted by molar-refractivity contribution is 5.66. The molecule has 0 atom stereocenters. The lowest BCUT2D eigenvalue weighted by atomic mass is 10.1. The normalized spacial score (nSPS) is 12.1. The van der Waals surface area contributed by atoms with E-state index in [2.05, 4.69) is 0 Å². The van der Waals surface area contributed by atoms with Gasteiger partial charge in [0.2, 0.25) is 0 Å². The molecule has 0 aromatic rings. The fraction of sp³-hybridized carbons (Fsp3) is 0.833. The number of rotatable bonds is 5. The second kappa shape index (κ2) is 4.27. The van der Waals surface area contributed by atoms with E-state index in [1.165, 1.54) is 0 Å². The molecule has 0 aromatic carbocycles. The minimum atomic E-state index is -4.06. The van der Waals surface area contributed by atoms with Gasteiger partial charge in [0.05, 0.1) is 0 Å². The summed E-state index contributed by atoms with van der Waals surface area (Å²) in [5.74, 6) is -5.32. The summed E-state index contributed by atoms with van der Waals surface area (Å²) in [5, 5.41) is 8.02. The predicted octanol–water partition coefficient (Wildman–Crippen LogP) is 2.14. The van der Waals surface area contributed by atoms with Crippen molar-refractivity contribution in [1.29, 1.82) is 0 Å². The lowest BCUT2D eigenvalue weighted by Gasteiger charge is -2.13. The molecule has 0 rings (SSSR count). The van der Waals surface area contributed by atoms with Crippen LogP contribution in [0.2, 0.25) is 0 Å². The maximum atomic E-state index is 12.1. The van der Waals surface area contributed by atoms with Gasteiger partial charge in [-0.2, -0.15) is 0 Å². The summed E-state index contributed by atoms with van der Waals surface area (Å²) in [6.45, 7) is 0. The molecule has 6 heteroatoms. The van der Waals surface area contributed by atoms with E-state index in [1.54, 1.807) is 0 Å². The number of carboxylic acids is 1. The summed E-state index contributed by atoms with van der Waals surface area (Å²) in [5.41, 5.74) is 0. The molecule has 2 nitrogen and oxygen atoms in total. The Morgan fingerprint density at radius 3 is 2.25 bits per heavy atom. The van der Waals surface area contributed by atoms with Gasteiger partial charge in [0.25, 0.3) is 0 Å². The summed E-state index contributed by atoms with van der Waals surface area (Å²) in [6.07, 6.45) is -5.75. The lowest BCUT2D eigenvalue weighted by molar-refractivity contribution is -0.142. The zero-order valence-electron chi connectivity index (χ0n) is 6.07. The van der Waals surface area contributed by atoms with Gasteiger partial charge in [-0.3, -0.25) is 4.79 Å². The van der Waals surface area contributed by atoms with E-state index >= 15 is 0 Å². The molecule has 0 saturated heterocycles. The molecule has 0 aliphatic carbocycles. The Morgan fingerprint density at radius 2 is 1.92 bits per heavy atom. The zero-order chi connectivity index (χ0) is 9.78. The molecular weight excluding hydrogens is 180 g/mol. The number of halogens is 4. The van der Waals surface area contributed by atoms with Gasteiger partial charge in [-0.25, -0.2) is 17.6 Å². The van der Waals surface area contributed by atoms with E-state index in [-0.39, 0.29) is 0 Å². The molecule has 0 unspecified atom stereocenters. The molecule has 0 heterocycles. The van der Waals surface area contributed by atoms with Gasteiger partial charge in [-0.1, -0.05) is 0 Å². The van der Waals surface area contributed by atoms with Gasteiger partial charge < -0.3 is 5.11 Å². The van der Waals surface area contributed by atoms with Crippen molar-refractivity contribution in [2.75, 3.05) is 0 Å². The average molecular weight is 188 g/mol. The molecule has 0 aliphatic rings. The summed E-state index contributed by atoms with van der Waals surface area (Å²) in [4.78, 5) is 9.82. The standard InChI is InChI=1S/C6H8F4O2/c7-5(8)6(9,10)3-1-2-4(11)12/h5H,1-3H2,(H,11,12). The molecule has 12 heavy (non-hydrogen) atoms. The Labute approximate surface area is 66.2 Å². The SMILES string of the molecule is O=C(O)CCCC(F)(F)C(F)F. The maximum Gasteiger partial charge on any atom is 0.307 e. The molecule has 0 fully saturated rings. The van der Waals surface area contributed by atoms with Crippen LogP contribution < -0.4 is 0 Å². The Bertz CT molecular complexity index is 158. The predicted molar refractivity (Wildman–Crippen MR) is 32.4 cm³/mol. The lowest BCUT2D eigenvalue weighted by Crippen LogP contribution is -2.26. The first-order valence-electron chi connectivity index (χ1n) is 3.24. The first-order chi connectivity index (χ1) is 5.36. The molecule has 0 amide bonds. The van der Waals surface area contributed by atoms with Crippen molar-refractivity contribution in [3.05, 3.63) is 0 Å². The van der Waals surface area contributed by atoms with Gasteiger partial charge in [-0.15, -0.1) is 0 Å². The topological polar surface area (TPSA) is 37.3 Å². The van der Waals surface area contributed by atoms with Crippen molar-refractivity contribution in [3.63, 3.8) is 0 Å². The van der Waals surface area contributed by atoms with E-state index in [9.17, 15) is 22.4 Å². The monoisotopic (exact) mass is 188 g/mol. The molecular formula is C6H8F4O2. The van der Waals surface area contributed by atoms with Crippen LogP contribution in [0, 0.1) is 0 Å². The Balaban J connectivity index is 3.69. The molecule has 72 valence electrons. The number of hydrogen-bond donors (Lipinski definition) is 1. The molecule has 0 aromatic heterocycles. The van der Waals surface area contributed by atoms with Gasteiger partial charge in [-0.05, 0) is 6.42 Å². The number of alkyl halides is 4. The van der Waals surface area contributed by atoms with Crippen molar-refractivity contribution in [3.8, 4) is 0 Å². The molecule has 1 N–H and O–H groups in total. The van der Waals surface area contributed by atoms with Crippen LogP contribution in [-0.4, -0.2) is 23.4 Å². The van der Waals surface area contributed by atoms with Crippen LogP contribution in [0.1, 0.15) is 19.3 Å². The van der Waals surface area contributed by atoms with E-state index in [0.717, 1.165) is 0 Å². The summed E-state index contributed by atoms with van der Waals surface area (Å²) in [6, 6.07) is 0. The third-order valence-corrected chi connectivity index (χ3v) is 1.22. The van der Waals surface area contributed by atoms with Crippen molar-refractivity contribution in [2.45, 2.75) is 31.6 Å². The number of aliphatic carboxylic acids is 1. The van der Waals surface area contributed by atoms with Crippen molar-refractivity contribution < 1.29 is 27.5 Å². The van der Waals surface area contributed by atoms with Crippen LogP contribution in [0.3, 0.4) is 0 Å². The first kappa shape index (κ1) is 11.2. The van der Waals surface area contributed by atoms with Gasteiger partial charge in [0, 0.05) is 12.8 Å². The van der Waals surface area contributed by atoms with Gasteiger partial charge in [0.1, 0.15) is 0 Å². The van der Waals surface area contributed by atoms with E-state index in [1.807, 2.05) is 0 Å². The molecule has 0 radical (unpaired) electrons. The zero-order valence-corrected chi connectivity index (χ0v) is 6.07. The molecule has 0 aliphatic heterocycles. The fourth-order valence-electron chi connectivity index (χ4n) is 0.584. The average Bonchev–Trinajstić information content (AvgIpc) is 1.85. The van der Waals surface area contributed by atoms with Crippen molar-refractivity contribution in [2.24, 2.45) is 0 Å². The van der Waals surface area contributed by atoms with Crippen LogP contribution in [-0.2, 0) is 4.79 Å². The van der Waals surface area contributed by atoms with Crippen LogP contribution >= 0.6 is 0 Å². The Kier molecular flexibility index (Phi) is 3.99. The van der Waals surface area contributed by atoms with Crippen molar-refractivity contribution in [1.82, 2.24) is 0 Å². The highest BCUT2D eigenvalue weighted by Crippen LogP contribution is 2.28. The Hall–Kier alpha value is -0.810. The van der Waals surface area contributed by atoms with Crippen LogP contribution in [0.4, 0.5) is 17.6 Å². The fourth-order valence-corrected chi connectivity index (χ4v) is 0.584. The molecule has 0 saturated carbocycles. The molecule has 0 spiro atoms. The minimum absolute atomic E-state index is 0.438. The summed E-state index contributed by atoms with van der Waals surface area (Å²) < 4.78 is 47.0. The number of carboxylic acid groups (broad SMARTS) is 1. The third-order valence-electron chi connectivity index (χ3n) is 1.22. The number of hydrogen-bond acceptors (Lipinski definition) is 1. The van der Waals surface area contributed by atoms with Crippen molar-refractivity contribution >= 4 is 5.97 Å². The van der Waals surface area contributed by atoms with Crippen LogP contribution in [0.5, 0.6) is 0 Å². The third kappa shape index (κ3) is 4.15. The minimum Gasteiger partial charge on any atom is -0.481 e. The van der Waals surface area contributed by atoms with Gasteiger partial charge >= 0.3 is 18.3 Å². The number of carbonyl (C=O) groups is 1. The molecule has 0 bridgehead atoms. The maximum absolute atomic E-state index is 12.1. The highest BCUT2D eigenvalue weighted by Gasteiger charge is 2.39. The summed E-state index contributed by atoms with van der Waals surface area (Å²) >= 11 is 0. The van der Waals surface area contributed by atoms with E-state index in [4.69, 9.17) is 5.11 Å². The first-order valence-corrected chi connectivity index (χ1v) is 3.24. The largest absolute Gasteiger partial charge is 0.481 e. The van der Waals surface area contributed by atoms with Gasteiger partial charge in [0.15, 0.2) is 0 Å². The van der Waals surface area contributed by atoms with Crippen LogP contribution in [0.15, 0.2) is 0 Å². The Morgan fingerprint density at radius 1 is 1.42 bits per heavy atom. The quantitative estimate of drug-likeness (QED) is 0.671. The van der Waals surface area contributed by atoms with Crippen LogP contribution in [0.25, 0.3) is 0 Å².